The molecular formula is C30H35ClN2O2S. The highest BCUT2D eigenvalue weighted by Crippen LogP contribution is 2.20. The molecule has 6 heteroatoms. The number of carbonyl (C=O) groups is 2. The predicted octanol–water partition coefficient (Wildman–Crippen LogP) is 6.44. The van der Waals surface area contributed by atoms with Gasteiger partial charge in [-0.3, -0.25) is 9.59 Å². The van der Waals surface area contributed by atoms with E-state index in [1.165, 1.54) is 0 Å². The zero-order chi connectivity index (χ0) is 25.9. The highest BCUT2D eigenvalue weighted by molar-refractivity contribution is 7.99. The van der Waals surface area contributed by atoms with Gasteiger partial charge in [0, 0.05) is 29.8 Å². The molecule has 0 aliphatic heterocycles. The molecule has 2 atom stereocenters. The van der Waals surface area contributed by atoms with Crippen LogP contribution in [0.25, 0.3) is 0 Å². The molecular weight excluding hydrogens is 488 g/mol. The summed E-state index contributed by atoms with van der Waals surface area (Å²) in [5, 5.41) is 3.82. The molecule has 36 heavy (non-hydrogen) atoms. The van der Waals surface area contributed by atoms with E-state index in [4.69, 9.17) is 11.6 Å². The van der Waals surface area contributed by atoms with Crippen molar-refractivity contribution in [3.63, 3.8) is 0 Å². The molecule has 0 heterocycles. The first kappa shape index (κ1) is 27.8. The molecule has 2 unspecified atom stereocenters. The van der Waals surface area contributed by atoms with Gasteiger partial charge in [0.05, 0.1) is 5.75 Å². The molecule has 0 saturated heterocycles. The molecule has 0 bridgehead atoms. The van der Waals surface area contributed by atoms with Crippen molar-refractivity contribution >= 4 is 35.2 Å². The lowest BCUT2D eigenvalue weighted by Crippen LogP contribution is -2.52. The molecule has 1 N–H and O–H groups in total. The number of nitrogens with one attached hydrogen (secondary N) is 1. The van der Waals surface area contributed by atoms with Crippen LogP contribution in [0.3, 0.4) is 0 Å². The van der Waals surface area contributed by atoms with Gasteiger partial charge in [0.1, 0.15) is 6.04 Å². The molecule has 3 rings (SSSR count). The molecule has 0 spiro atoms. The van der Waals surface area contributed by atoms with Gasteiger partial charge in [0.25, 0.3) is 0 Å². The van der Waals surface area contributed by atoms with Crippen molar-refractivity contribution in [2.45, 2.75) is 58.0 Å². The van der Waals surface area contributed by atoms with E-state index < -0.39 is 6.04 Å². The number of halogens is 1. The van der Waals surface area contributed by atoms with Gasteiger partial charge in [-0.15, -0.1) is 11.8 Å². The van der Waals surface area contributed by atoms with Gasteiger partial charge in [0.2, 0.25) is 11.8 Å². The predicted molar refractivity (Wildman–Crippen MR) is 151 cm³/mol. The van der Waals surface area contributed by atoms with Crippen LogP contribution in [-0.2, 0) is 28.3 Å². The van der Waals surface area contributed by atoms with Gasteiger partial charge in [-0.05, 0) is 54.7 Å². The molecule has 0 aliphatic carbocycles. The van der Waals surface area contributed by atoms with E-state index in [0.29, 0.717) is 23.7 Å². The van der Waals surface area contributed by atoms with Crippen LogP contribution in [0.15, 0.2) is 78.9 Å². The van der Waals surface area contributed by atoms with E-state index in [1.807, 2.05) is 99.6 Å². The van der Waals surface area contributed by atoms with E-state index in [9.17, 15) is 9.59 Å². The summed E-state index contributed by atoms with van der Waals surface area (Å²) < 4.78 is 0. The first-order valence-electron chi connectivity index (χ1n) is 12.4. The second-order valence-electron chi connectivity index (χ2n) is 9.09. The second kappa shape index (κ2) is 14.1. The van der Waals surface area contributed by atoms with E-state index in [1.54, 1.807) is 16.7 Å². The molecule has 0 aliphatic rings. The monoisotopic (exact) mass is 522 g/mol. The van der Waals surface area contributed by atoms with Gasteiger partial charge in [-0.2, -0.15) is 0 Å². The minimum absolute atomic E-state index is 0.0328. The Morgan fingerprint density at radius 1 is 0.944 bits per heavy atom. The molecule has 0 saturated carbocycles. The number of hydrogen-bond acceptors (Lipinski definition) is 3. The van der Waals surface area contributed by atoms with Crippen LogP contribution in [0.1, 0.15) is 42.5 Å². The summed E-state index contributed by atoms with van der Waals surface area (Å²) in [6.45, 7) is 6.46. The quantitative estimate of drug-likeness (QED) is 0.298. The minimum Gasteiger partial charge on any atom is -0.352 e. The molecule has 190 valence electrons. The van der Waals surface area contributed by atoms with E-state index >= 15 is 0 Å². The lowest BCUT2D eigenvalue weighted by molar-refractivity contribution is -0.139. The van der Waals surface area contributed by atoms with Crippen LogP contribution in [-0.4, -0.2) is 34.6 Å². The summed E-state index contributed by atoms with van der Waals surface area (Å²) in [4.78, 5) is 29.0. The van der Waals surface area contributed by atoms with E-state index in [-0.39, 0.29) is 23.6 Å². The van der Waals surface area contributed by atoms with Crippen LogP contribution in [0.5, 0.6) is 0 Å². The SMILES string of the molecule is CCC(C)NC(=O)C(Cc1ccccc1)N(Cc1ccccc1C)C(=O)CSCc1ccc(Cl)cc1. The molecule has 0 radical (unpaired) electrons. The zero-order valence-electron chi connectivity index (χ0n) is 21.2. The van der Waals surface area contributed by atoms with Gasteiger partial charge in [-0.1, -0.05) is 85.3 Å². The van der Waals surface area contributed by atoms with Gasteiger partial charge >= 0.3 is 0 Å². The van der Waals surface area contributed by atoms with Crippen molar-refractivity contribution < 1.29 is 9.59 Å². The van der Waals surface area contributed by atoms with Crippen LogP contribution >= 0.6 is 23.4 Å². The normalized spacial score (nSPS) is 12.6. The summed E-state index contributed by atoms with van der Waals surface area (Å²) in [5.74, 6) is 0.829. The van der Waals surface area contributed by atoms with Crippen LogP contribution < -0.4 is 5.32 Å². The average Bonchev–Trinajstić information content (AvgIpc) is 2.88. The van der Waals surface area contributed by atoms with Crippen molar-refractivity contribution in [3.8, 4) is 0 Å². The Bertz CT molecular complexity index is 1120. The highest BCUT2D eigenvalue weighted by Gasteiger charge is 2.31. The number of carbonyl (C=O) groups excluding carboxylic acids is 2. The zero-order valence-corrected chi connectivity index (χ0v) is 22.8. The molecule has 3 aromatic rings. The van der Waals surface area contributed by atoms with Gasteiger partial charge in [-0.25, -0.2) is 0 Å². The highest BCUT2D eigenvalue weighted by atomic mass is 35.5. The second-order valence-corrected chi connectivity index (χ2v) is 10.5. The number of aryl methyl sites for hydroxylation is 1. The summed E-state index contributed by atoms with van der Waals surface area (Å²) >= 11 is 7.55. The number of amides is 2. The van der Waals surface area contributed by atoms with Crippen LogP contribution in [0.2, 0.25) is 5.02 Å². The smallest absolute Gasteiger partial charge is 0.243 e. The maximum atomic E-state index is 13.7. The number of nitrogens with zero attached hydrogens (tertiary/aromatic N) is 1. The summed E-state index contributed by atoms with van der Waals surface area (Å²) in [6, 6.07) is 25.0. The lowest BCUT2D eigenvalue weighted by Gasteiger charge is -2.32. The number of thioether (sulfide) groups is 1. The Labute approximate surface area is 224 Å². The van der Waals surface area contributed by atoms with Crippen molar-refractivity contribution in [3.05, 3.63) is 106 Å². The Morgan fingerprint density at radius 2 is 1.61 bits per heavy atom. The fourth-order valence-corrected chi connectivity index (χ4v) is 4.88. The van der Waals surface area contributed by atoms with E-state index in [2.05, 4.69) is 5.32 Å². The van der Waals surface area contributed by atoms with Crippen LogP contribution in [0.4, 0.5) is 0 Å². The fraction of sp³-hybridized carbons (Fsp3) is 0.333. The number of rotatable bonds is 12. The number of benzene rings is 3. The van der Waals surface area contributed by atoms with Crippen molar-refractivity contribution in [1.29, 1.82) is 0 Å². The molecule has 0 aromatic heterocycles. The number of hydrogen-bond donors (Lipinski definition) is 1. The summed E-state index contributed by atoms with van der Waals surface area (Å²) in [6.07, 6.45) is 1.29. The third-order valence-corrected chi connectivity index (χ3v) is 7.52. The third kappa shape index (κ3) is 8.42. The topological polar surface area (TPSA) is 49.4 Å². The van der Waals surface area contributed by atoms with Crippen molar-refractivity contribution in [2.75, 3.05) is 5.75 Å². The van der Waals surface area contributed by atoms with Crippen LogP contribution in [0, 0.1) is 6.92 Å². The van der Waals surface area contributed by atoms with Gasteiger partial charge in [0.15, 0.2) is 0 Å². The summed E-state index contributed by atoms with van der Waals surface area (Å²) in [5.41, 5.74) is 4.28. The third-order valence-electron chi connectivity index (χ3n) is 6.28. The Morgan fingerprint density at radius 3 is 2.28 bits per heavy atom. The standard InChI is InChI=1S/C30H35ClN2O2S/c1-4-23(3)32-30(35)28(18-24-11-6-5-7-12-24)33(19-26-13-9-8-10-22(26)2)29(34)21-36-20-25-14-16-27(31)17-15-25/h5-17,23,28H,4,18-21H2,1-3H3,(H,32,35). The summed E-state index contributed by atoms with van der Waals surface area (Å²) in [7, 11) is 0. The Kier molecular flexibility index (Phi) is 10.9. The molecule has 4 nitrogen and oxygen atoms in total. The van der Waals surface area contributed by atoms with E-state index in [0.717, 1.165) is 28.7 Å². The lowest BCUT2D eigenvalue weighted by atomic mass is 10.0. The maximum Gasteiger partial charge on any atom is 0.243 e. The first-order chi connectivity index (χ1) is 17.4. The largest absolute Gasteiger partial charge is 0.352 e. The fourth-order valence-electron chi connectivity index (χ4n) is 3.89. The Hall–Kier alpha value is -2.76. The molecule has 0 fully saturated rings. The Balaban J connectivity index is 1.86. The van der Waals surface area contributed by atoms with Crippen molar-refractivity contribution in [2.24, 2.45) is 0 Å². The first-order valence-corrected chi connectivity index (χ1v) is 13.9. The average molecular weight is 523 g/mol. The van der Waals surface area contributed by atoms with Crippen molar-refractivity contribution in [1.82, 2.24) is 10.2 Å². The maximum absolute atomic E-state index is 13.7. The van der Waals surface area contributed by atoms with Gasteiger partial charge < -0.3 is 10.2 Å². The minimum atomic E-state index is -0.607. The molecule has 3 aromatic carbocycles. The molecule has 2 amide bonds.